The molecule has 5 rings (SSSR count). The van der Waals surface area contributed by atoms with Crippen molar-refractivity contribution in [3.05, 3.63) is 120 Å². The predicted octanol–water partition coefficient (Wildman–Crippen LogP) is 13.2. The second kappa shape index (κ2) is 12.0. The minimum absolute atomic E-state index is 0.116. The van der Waals surface area contributed by atoms with E-state index < -0.39 is 0 Å². The van der Waals surface area contributed by atoms with E-state index in [1.54, 1.807) is 11.3 Å². The third-order valence-electron chi connectivity index (χ3n) is 7.13. The van der Waals surface area contributed by atoms with Gasteiger partial charge in [-0.2, -0.15) is 0 Å². The van der Waals surface area contributed by atoms with E-state index in [0.29, 0.717) is 0 Å². The van der Waals surface area contributed by atoms with Gasteiger partial charge < -0.3 is 4.90 Å². The zero-order valence-corrected chi connectivity index (χ0v) is 29.1. The fourth-order valence-electron chi connectivity index (χ4n) is 4.68. The molecule has 2 aromatic heterocycles. The molecule has 5 aromatic rings. The molecular formula is C36H35Br2NS2. The van der Waals surface area contributed by atoms with E-state index in [4.69, 9.17) is 0 Å². The van der Waals surface area contributed by atoms with E-state index in [9.17, 15) is 0 Å². The van der Waals surface area contributed by atoms with Crippen molar-refractivity contribution in [3.8, 4) is 10.4 Å². The molecule has 0 unspecified atom stereocenters. The van der Waals surface area contributed by atoms with Gasteiger partial charge in [-0.25, -0.2) is 0 Å². The summed E-state index contributed by atoms with van der Waals surface area (Å²) in [5.74, 6) is 0. The lowest BCUT2D eigenvalue weighted by atomic mass is 9.86. The van der Waals surface area contributed by atoms with Crippen LogP contribution in [0.15, 0.2) is 98.6 Å². The highest BCUT2D eigenvalue weighted by atomic mass is 79.9. The van der Waals surface area contributed by atoms with Crippen LogP contribution in [0.25, 0.3) is 22.6 Å². The fourth-order valence-corrected chi connectivity index (χ4v) is 8.35. The minimum atomic E-state index is 0.116. The van der Waals surface area contributed by atoms with Gasteiger partial charge in [0.05, 0.1) is 7.57 Å². The number of halogens is 2. The number of hydrogen-bond donors (Lipinski definition) is 0. The molecule has 3 aromatic carbocycles. The first-order valence-corrected chi connectivity index (χ1v) is 16.9. The third-order valence-corrected chi connectivity index (χ3v) is 10.6. The number of rotatable bonds is 6. The Morgan fingerprint density at radius 2 is 1.07 bits per heavy atom. The van der Waals surface area contributed by atoms with Crippen LogP contribution < -0.4 is 4.90 Å². The molecule has 0 saturated heterocycles. The summed E-state index contributed by atoms with van der Waals surface area (Å²) in [5.41, 5.74) is 8.77. The van der Waals surface area contributed by atoms with Crippen molar-refractivity contribution in [1.29, 1.82) is 0 Å². The summed E-state index contributed by atoms with van der Waals surface area (Å²) in [7, 11) is 0. The molecule has 0 radical (unpaired) electrons. The predicted molar refractivity (Wildman–Crippen MR) is 190 cm³/mol. The Morgan fingerprint density at radius 1 is 0.585 bits per heavy atom. The highest BCUT2D eigenvalue weighted by Crippen LogP contribution is 2.39. The average molecular weight is 706 g/mol. The molecule has 0 atom stereocenters. The standard InChI is InChI=1S/C36H35Br2NS2/c1-35(2,3)26-10-16-29(17-11-26)39(30-18-12-27(13-19-30)36(4,5)6)28-14-7-24(8-15-28)32-22-21-31(40-32)20-9-25-23-33(37)41-34(25)38/h7-23H,1-6H3/b20-9+. The molecule has 41 heavy (non-hydrogen) atoms. The summed E-state index contributed by atoms with van der Waals surface area (Å²) in [6.45, 7) is 13.6. The smallest absolute Gasteiger partial charge is 0.0782 e. The highest BCUT2D eigenvalue weighted by Gasteiger charge is 2.18. The summed E-state index contributed by atoms with van der Waals surface area (Å²) < 4.78 is 2.26. The van der Waals surface area contributed by atoms with Crippen LogP contribution in [0.4, 0.5) is 17.1 Å². The van der Waals surface area contributed by atoms with Gasteiger partial charge in [-0.15, -0.1) is 22.7 Å². The van der Waals surface area contributed by atoms with Crippen LogP contribution in [0.1, 0.15) is 63.1 Å². The first kappa shape index (κ1) is 30.0. The SMILES string of the molecule is CC(C)(C)c1ccc(N(c2ccc(-c3ccc(/C=C/c4cc(Br)sc4Br)s3)cc2)c2ccc(C(C)(C)C)cc2)cc1. The molecule has 1 nitrogen and oxygen atoms in total. The zero-order chi connectivity index (χ0) is 29.4. The van der Waals surface area contributed by atoms with Gasteiger partial charge in [0.2, 0.25) is 0 Å². The van der Waals surface area contributed by atoms with Gasteiger partial charge >= 0.3 is 0 Å². The maximum absolute atomic E-state index is 3.65. The molecule has 0 saturated carbocycles. The van der Waals surface area contributed by atoms with Gasteiger partial charge in [-0.05, 0) is 120 Å². The minimum Gasteiger partial charge on any atom is -0.311 e. The Kier molecular flexibility index (Phi) is 8.82. The fraction of sp³-hybridized carbons (Fsp3) is 0.222. The van der Waals surface area contributed by atoms with Crippen molar-refractivity contribution in [1.82, 2.24) is 0 Å². The Bertz CT molecular complexity index is 1590. The van der Waals surface area contributed by atoms with E-state index in [-0.39, 0.29) is 10.8 Å². The first-order chi connectivity index (χ1) is 19.4. The molecular weight excluding hydrogens is 670 g/mol. The maximum Gasteiger partial charge on any atom is 0.0782 e. The monoisotopic (exact) mass is 703 g/mol. The van der Waals surface area contributed by atoms with Crippen LogP contribution >= 0.6 is 54.5 Å². The number of nitrogens with zero attached hydrogens (tertiary/aromatic N) is 1. The summed E-state index contributed by atoms with van der Waals surface area (Å²) in [6, 6.07) is 33.5. The van der Waals surface area contributed by atoms with Crippen molar-refractivity contribution in [3.63, 3.8) is 0 Å². The molecule has 0 N–H and O–H groups in total. The number of benzene rings is 3. The molecule has 0 fully saturated rings. The lowest BCUT2D eigenvalue weighted by Crippen LogP contribution is -2.14. The van der Waals surface area contributed by atoms with Crippen molar-refractivity contribution < 1.29 is 0 Å². The second-order valence-electron chi connectivity index (χ2n) is 12.3. The van der Waals surface area contributed by atoms with Crippen LogP contribution in [-0.2, 0) is 10.8 Å². The van der Waals surface area contributed by atoms with Crippen LogP contribution in [0.5, 0.6) is 0 Å². The third kappa shape index (κ3) is 7.14. The largest absolute Gasteiger partial charge is 0.311 e. The van der Waals surface area contributed by atoms with Gasteiger partial charge in [0, 0.05) is 32.4 Å². The molecule has 0 spiro atoms. The number of hydrogen-bond acceptors (Lipinski definition) is 3. The van der Waals surface area contributed by atoms with Crippen molar-refractivity contribution in [2.24, 2.45) is 0 Å². The van der Waals surface area contributed by atoms with Gasteiger partial charge in [0.1, 0.15) is 0 Å². The van der Waals surface area contributed by atoms with E-state index in [2.05, 4.69) is 181 Å². The van der Waals surface area contributed by atoms with Crippen LogP contribution in [-0.4, -0.2) is 0 Å². The number of thiophene rings is 2. The Hall–Kier alpha value is -2.44. The molecule has 0 aliphatic carbocycles. The molecule has 0 aliphatic heterocycles. The molecule has 5 heteroatoms. The first-order valence-electron chi connectivity index (χ1n) is 13.7. The van der Waals surface area contributed by atoms with E-state index in [1.807, 2.05) is 11.3 Å². The molecule has 0 amide bonds. The maximum atomic E-state index is 3.65. The molecule has 0 aliphatic rings. The normalized spacial score (nSPS) is 12.3. The van der Waals surface area contributed by atoms with E-state index >= 15 is 0 Å². The van der Waals surface area contributed by atoms with E-state index in [1.165, 1.54) is 32.0 Å². The zero-order valence-electron chi connectivity index (χ0n) is 24.3. The molecule has 210 valence electrons. The lowest BCUT2D eigenvalue weighted by Gasteiger charge is -2.28. The van der Waals surface area contributed by atoms with Crippen molar-refractivity contribution in [2.45, 2.75) is 52.4 Å². The Balaban J connectivity index is 1.45. The van der Waals surface area contributed by atoms with Gasteiger partial charge in [0.25, 0.3) is 0 Å². The number of anilines is 3. The summed E-state index contributed by atoms with van der Waals surface area (Å²) in [4.78, 5) is 4.84. The topological polar surface area (TPSA) is 3.24 Å². The summed E-state index contributed by atoms with van der Waals surface area (Å²) in [6.07, 6.45) is 4.35. The Labute approximate surface area is 269 Å². The quantitative estimate of drug-likeness (QED) is 0.170. The summed E-state index contributed by atoms with van der Waals surface area (Å²) in [5, 5.41) is 0. The highest BCUT2D eigenvalue weighted by molar-refractivity contribution is 9.12. The van der Waals surface area contributed by atoms with E-state index in [0.717, 1.165) is 24.6 Å². The molecule has 2 heterocycles. The van der Waals surface area contributed by atoms with Crippen LogP contribution in [0.2, 0.25) is 0 Å². The van der Waals surface area contributed by atoms with Gasteiger partial charge in [-0.1, -0.05) is 84.0 Å². The van der Waals surface area contributed by atoms with Gasteiger partial charge in [-0.3, -0.25) is 0 Å². The van der Waals surface area contributed by atoms with Crippen molar-refractivity contribution in [2.75, 3.05) is 4.90 Å². The van der Waals surface area contributed by atoms with Crippen molar-refractivity contribution >= 4 is 83.7 Å². The Morgan fingerprint density at radius 3 is 1.51 bits per heavy atom. The molecule has 0 bridgehead atoms. The van der Waals surface area contributed by atoms with Gasteiger partial charge in [0.15, 0.2) is 0 Å². The lowest BCUT2D eigenvalue weighted by molar-refractivity contribution is 0.590. The summed E-state index contributed by atoms with van der Waals surface area (Å²) >= 11 is 10.7. The van der Waals surface area contributed by atoms with Crippen LogP contribution in [0.3, 0.4) is 0 Å². The average Bonchev–Trinajstić information content (AvgIpc) is 3.53. The van der Waals surface area contributed by atoms with Crippen LogP contribution in [0, 0.1) is 0 Å². The second-order valence-corrected chi connectivity index (χ2v) is 17.2.